The molecule has 0 saturated carbocycles. The van der Waals surface area contributed by atoms with Crippen LogP contribution >= 0.6 is 0 Å². The first kappa shape index (κ1) is 24.4. The summed E-state index contributed by atoms with van der Waals surface area (Å²) in [4.78, 5) is 35.2. The van der Waals surface area contributed by atoms with Crippen LogP contribution in [0, 0.1) is 29.9 Å². The fraction of sp³-hybridized carbons (Fsp3) is 0.200. The minimum atomic E-state index is -1.08. The quantitative estimate of drug-likeness (QED) is 0.161. The minimum Gasteiger partial charge on any atom is -0.478 e. The van der Waals surface area contributed by atoms with E-state index in [0.717, 1.165) is 16.1 Å². The Hall–Kier alpha value is -4.24. The molecule has 2 aromatic carbocycles. The molecule has 0 radical (unpaired) electrons. The molecular formula is C25H25N3O6. The molecule has 3 aromatic rings. The number of carboxylic acids is 1. The third-order valence-electron chi connectivity index (χ3n) is 5.66. The first-order chi connectivity index (χ1) is 16.0. The lowest BCUT2D eigenvalue weighted by atomic mass is 9.95. The van der Waals surface area contributed by atoms with Crippen LogP contribution in [0.3, 0.4) is 0 Å². The fourth-order valence-corrected chi connectivity index (χ4v) is 3.51. The summed E-state index contributed by atoms with van der Waals surface area (Å²) >= 11 is 0. The minimum absolute atomic E-state index is 0.0607. The Morgan fingerprint density at radius 1 is 1.15 bits per heavy atom. The Morgan fingerprint density at radius 2 is 1.76 bits per heavy atom. The molecule has 0 saturated heterocycles. The summed E-state index contributed by atoms with van der Waals surface area (Å²) in [5, 5.41) is 21.5. The van der Waals surface area contributed by atoms with Crippen LogP contribution in [-0.2, 0) is 11.2 Å². The third kappa shape index (κ3) is 5.05. The van der Waals surface area contributed by atoms with Gasteiger partial charge >= 0.3 is 5.97 Å². The Labute approximate surface area is 196 Å². The summed E-state index contributed by atoms with van der Waals surface area (Å²) in [6.07, 6.45) is 0.147. The molecule has 0 aliphatic rings. The van der Waals surface area contributed by atoms with Crippen molar-refractivity contribution < 1.29 is 24.0 Å². The van der Waals surface area contributed by atoms with Gasteiger partial charge in [0.05, 0.1) is 27.7 Å². The molecule has 1 atom stereocenters. The Morgan fingerprint density at radius 3 is 2.32 bits per heavy atom. The molecular weight excluding hydrogens is 438 g/mol. The molecule has 0 aliphatic heterocycles. The lowest BCUT2D eigenvalue weighted by molar-refractivity contribution is -0.384. The molecule has 0 aliphatic carbocycles. The standard InChI is InChI=1S/C25H25N3O6/c1-14(2)20(24(29)27(26)18-7-5-17(6-8-18)25(30)31)13-19-9-10-23(34-19)21-11-15(3)16(4)12-22(21)28(32)33/h5-12,20H,1,13,26H2,2-4H3,(H,30,31). The fourth-order valence-electron chi connectivity index (χ4n) is 3.51. The van der Waals surface area contributed by atoms with E-state index in [4.69, 9.17) is 15.4 Å². The third-order valence-corrected chi connectivity index (χ3v) is 5.66. The van der Waals surface area contributed by atoms with Crippen LogP contribution in [0.5, 0.6) is 0 Å². The highest BCUT2D eigenvalue weighted by atomic mass is 16.6. The van der Waals surface area contributed by atoms with E-state index in [1.807, 2.05) is 6.92 Å². The molecule has 3 N–H and O–H groups in total. The van der Waals surface area contributed by atoms with Gasteiger partial charge in [0.15, 0.2) is 0 Å². The number of hydrazine groups is 1. The van der Waals surface area contributed by atoms with Crippen LogP contribution in [-0.4, -0.2) is 21.9 Å². The number of anilines is 1. The van der Waals surface area contributed by atoms with Crippen molar-refractivity contribution in [2.75, 3.05) is 5.01 Å². The lowest BCUT2D eigenvalue weighted by Crippen LogP contribution is -2.42. The van der Waals surface area contributed by atoms with E-state index in [0.29, 0.717) is 28.3 Å². The molecule has 0 fully saturated rings. The zero-order valence-electron chi connectivity index (χ0n) is 19.1. The average molecular weight is 463 g/mol. The van der Waals surface area contributed by atoms with Gasteiger partial charge in [-0.15, -0.1) is 0 Å². The molecule has 34 heavy (non-hydrogen) atoms. The molecule has 1 amide bonds. The van der Waals surface area contributed by atoms with Gasteiger partial charge in [0, 0.05) is 12.5 Å². The Kier molecular flexibility index (Phi) is 6.97. The van der Waals surface area contributed by atoms with Crippen molar-refractivity contribution in [3.63, 3.8) is 0 Å². The lowest BCUT2D eigenvalue weighted by Gasteiger charge is -2.23. The zero-order chi connectivity index (χ0) is 25.2. The van der Waals surface area contributed by atoms with Crippen molar-refractivity contribution in [1.29, 1.82) is 0 Å². The van der Waals surface area contributed by atoms with Gasteiger partial charge in [0.25, 0.3) is 5.69 Å². The van der Waals surface area contributed by atoms with Crippen molar-refractivity contribution in [2.45, 2.75) is 27.2 Å². The summed E-state index contributed by atoms with van der Waals surface area (Å²) in [6, 6.07) is 12.1. The van der Waals surface area contributed by atoms with Crippen LogP contribution in [0.15, 0.2) is 65.1 Å². The SMILES string of the molecule is C=C(C)C(Cc1ccc(-c2cc(C)c(C)cc2[N+](=O)[O-])o1)C(=O)N(N)c1ccc(C(=O)O)cc1. The van der Waals surface area contributed by atoms with Gasteiger partial charge < -0.3 is 9.52 Å². The second-order valence-corrected chi connectivity index (χ2v) is 8.14. The van der Waals surface area contributed by atoms with Crippen LogP contribution < -0.4 is 10.9 Å². The predicted molar refractivity (Wildman–Crippen MR) is 127 cm³/mol. The van der Waals surface area contributed by atoms with E-state index >= 15 is 0 Å². The maximum Gasteiger partial charge on any atom is 0.335 e. The number of carbonyl (C=O) groups excluding carboxylic acids is 1. The van der Waals surface area contributed by atoms with E-state index < -0.39 is 22.7 Å². The summed E-state index contributed by atoms with van der Waals surface area (Å²) in [5.41, 5.74) is 2.94. The van der Waals surface area contributed by atoms with E-state index in [1.165, 1.54) is 30.3 Å². The molecule has 1 unspecified atom stereocenters. The smallest absolute Gasteiger partial charge is 0.335 e. The second-order valence-electron chi connectivity index (χ2n) is 8.14. The van der Waals surface area contributed by atoms with Crippen LogP contribution in [0.1, 0.15) is 34.2 Å². The van der Waals surface area contributed by atoms with Crippen molar-refractivity contribution in [3.8, 4) is 11.3 Å². The predicted octanol–water partition coefficient (Wildman–Crippen LogP) is 4.81. The van der Waals surface area contributed by atoms with Crippen molar-refractivity contribution in [2.24, 2.45) is 11.8 Å². The second kappa shape index (κ2) is 9.72. The highest BCUT2D eigenvalue weighted by Crippen LogP contribution is 2.34. The van der Waals surface area contributed by atoms with Crippen molar-refractivity contribution in [1.82, 2.24) is 0 Å². The van der Waals surface area contributed by atoms with Gasteiger partial charge in [-0.05, 0) is 74.4 Å². The number of nitrogens with two attached hydrogens (primary N) is 1. The molecule has 176 valence electrons. The number of hydrogen-bond donors (Lipinski definition) is 2. The molecule has 1 aromatic heterocycles. The number of nitro groups is 1. The monoisotopic (exact) mass is 463 g/mol. The number of furan rings is 1. The average Bonchev–Trinajstić information content (AvgIpc) is 3.26. The number of nitro benzene ring substituents is 1. The summed E-state index contributed by atoms with van der Waals surface area (Å²) in [7, 11) is 0. The van der Waals surface area contributed by atoms with Gasteiger partial charge in [-0.3, -0.25) is 14.9 Å². The summed E-state index contributed by atoms with van der Waals surface area (Å²) in [5.74, 6) is 4.53. The normalized spacial score (nSPS) is 11.6. The van der Waals surface area contributed by atoms with Crippen molar-refractivity contribution >= 4 is 23.3 Å². The van der Waals surface area contributed by atoms with Crippen LogP contribution in [0.4, 0.5) is 11.4 Å². The number of carbonyl (C=O) groups is 2. The molecule has 1 heterocycles. The number of hydrogen-bond acceptors (Lipinski definition) is 6. The highest BCUT2D eigenvalue weighted by molar-refractivity contribution is 5.96. The first-order valence-corrected chi connectivity index (χ1v) is 10.4. The maximum absolute atomic E-state index is 13.1. The molecule has 9 nitrogen and oxygen atoms in total. The van der Waals surface area contributed by atoms with Gasteiger partial charge in [0.1, 0.15) is 11.5 Å². The molecule has 0 bridgehead atoms. The van der Waals surface area contributed by atoms with E-state index in [2.05, 4.69) is 6.58 Å². The van der Waals surface area contributed by atoms with Gasteiger partial charge in [0.2, 0.25) is 5.91 Å². The number of carboxylic acid groups (broad SMARTS) is 1. The Balaban J connectivity index is 1.86. The first-order valence-electron chi connectivity index (χ1n) is 10.4. The number of aromatic carboxylic acids is 1. The number of nitrogens with zero attached hydrogens (tertiary/aromatic N) is 2. The molecule has 3 rings (SSSR count). The van der Waals surface area contributed by atoms with E-state index in [1.54, 1.807) is 32.0 Å². The van der Waals surface area contributed by atoms with Gasteiger partial charge in [-0.2, -0.15) is 0 Å². The highest BCUT2D eigenvalue weighted by Gasteiger charge is 2.27. The number of amides is 1. The van der Waals surface area contributed by atoms with Gasteiger partial charge in [-0.25, -0.2) is 15.6 Å². The van der Waals surface area contributed by atoms with E-state index in [9.17, 15) is 19.7 Å². The van der Waals surface area contributed by atoms with Crippen molar-refractivity contribution in [3.05, 3.63) is 93.2 Å². The zero-order valence-corrected chi connectivity index (χ0v) is 19.1. The molecule has 0 spiro atoms. The Bertz CT molecular complexity index is 1280. The topological polar surface area (TPSA) is 140 Å². The molecule has 9 heteroatoms. The summed E-state index contributed by atoms with van der Waals surface area (Å²) < 4.78 is 5.89. The largest absolute Gasteiger partial charge is 0.478 e. The van der Waals surface area contributed by atoms with Crippen LogP contribution in [0.2, 0.25) is 0 Å². The number of aryl methyl sites for hydroxylation is 2. The van der Waals surface area contributed by atoms with E-state index in [-0.39, 0.29) is 17.7 Å². The van der Waals surface area contributed by atoms with Crippen LogP contribution in [0.25, 0.3) is 11.3 Å². The number of benzene rings is 2. The number of rotatable bonds is 8. The maximum atomic E-state index is 13.1. The summed E-state index contributed by atoms with van der Waals surface area (Å²) in [6.45, 7) is 9.26. The van der Waals surface area contributed by atoms with Gasteiger partial charge in [-0.1, -0.05) is 12.2 Å².